The first-order chi connectivity index (χ1) is 4.79. The number of guanidine groups is 1. The molecule has 4 heteroatoms. The maximum atomic E-state index is 5.17. The van der Waals surface area contributed by atoms with E-state index in [2.05, 4.69) is 10.3 Å². The van der Waals surface area contributed by atoms with Gasteiger partial charge in [0.25, 0.3) is 0 Å². The van der Waals surface area contributed by atoms with Crippen molar-refractivity contribution in [3.8, 4) is 0 Å². The smallest absolute Gasteiger partial charge is 0.185 e. The molecule has 0 amide bonds. The van der Waals surface area contributed by atoms with E-state index in [0.29, 0.717) is 6.04 Å². The number of nitrogens with one attached hydrogen (secondary N) is 1. The van der Waals surface area contributed by atoms with Crippen LogP contribution < -0.4 is 16.8 Å². The van der Waals surface area contributed by atoms with Crippen LogP contribution in [0.1, 0.15) is 12.8 Å². The van der Waals surface area contributed by atoms with Crippen LogP contribution in [0.25, 0.3) is 0 Å². The number of nitrogens with two attached hydrogens (primary N) is 2. The summed E-state index contributed by atoms with van der Waals surface area (Å²) >= 11 is 0. The van der Waals surface area contributed by atoms with Gasteiger partial charge in [0.2, 0.25) is 0 Å². The van der Waals surface area contributed by atoms with Crippen molar-refractivity contribution in [3.63, 3.8) is 0 Å². The maximum Gasteiger partial charge on any atom is 0.185 e. The average molecular weight is 142 g/mol. The highest BCUT2D eigenvalue weighted by atomic mass is 15.0. The van der Waals surface area contributed by atoms with Crippen molar-refractivity contribution in [1.29, 1.82) is 0 Å². The Hall–Kier alpha value is -0.770. The molecule has 1 fully saturated rings. The lowest BCUT2D eigenvalue weighted by Crippen LogP contribution is -2.29. The van der Waals surface area contributed by atoms with Crippen molar-refractivity contribution in [2.75, 3.05) is 13.1 Å². The lowest BCUT2D eigenvalue weighted by molar-refractivity contribution is 0.617. The van der Waals surface area contributed by atoms with E-state index in [-0.39, 0.29) is 5.96 Å². The summed E-state index contributed by atoms with van der Waals surface area (Å²) in [7, 11) is 0. The molecule has 1 rings (SSSR count). The predicted octanol–water partition coefficient (Wildman–Crippen LogP) is -0.988. The van der Waals surface area contributed by atoms with Crippen LogP contribution in [0.15, 0.2) is 4.99 Å². The van der Waals surface area contributed by atoms with Crippen LogP contribution in [0, 0.1) is 0 Å². The molecular formula is C6H14N4. The molecule has 0 spiro atoms. The third-order valence-electron chi connectivity index (χ3n) is 1.66. The second-order valence-corrected chi connectivity index (χ2v) is 2.56. The summed E-state index contributed by atoms with van der Waals surface area (Å²) in [6.07, 6.45) is 2.43. The summed E-state index contributed by atoms with van der Waals surface area (Å²) in [5.74, 6) is 0.189. The van der Waals surface area contributed by atoms with Gasteiger partial charge in [-0.2, -0.15) is 0 Å². The third kappa shape index (κ3) is 2.23. The molecule has 58 valence electrons. The molecule has 0 saturated carbocycles. The lowest BCUT2D eigenvalue weighted by atomic mass is 10.2. The second-order valence-electron chi connectivity index (χ2n) is 2.56. The summed E-state index contributed by atoms with van der Waals surface area (Å²) in [5.41, 5.74) is 10.3. The van der Waals surface area contributed by atoms with Crippen molar-refractivity contribution in [2.24, 2.45) is 16.5 Å². The van der Waals surface area contributed by atoms with Crippen LogP contribution in [0.2, 0.25) is 0 Å². The summed E-state index contributed by atoms with van der Waals surface area (Å²) in [4.78, 5) is 3.92. The minimum atomic E-state index is 0.189. The zero-order valence-electron chi connectivity index (χ0n) is 6.01. The summed E-state index contributed by atoms with van der Waals surface area (Å²) < 4.78 is 0. The lowest BCUT2D eigenvalue weighted by Gasteiger charge is -2.04. The fourth-order valence-corrected chi connectivity index (χ4v) is 1.13. The van der Waals surface area contributed by atoms with Crippen LogP contribution in [-0.2, 0) is 0 Å². The Morgan fingerprint density at radius 2 is 2.40 bits per heavy atom. The van der Waals surface area contributed by atoms with Gasteiger partial charge in [-0.05, 0) is 19.4 Å². The Kier molecular flexibility index (Phi) is 2.50. The number of rotatable bonds is 2. The van der Waals surface area contributed by atoms with Crippen LogP contribution in [0.4, 0.5) is 0 Å². The molecule has 4 nitrogen and oxygen atoms in total. The molecule has 1 saturated heterocycles. The van der Waals surface area contributed by atoms with E-state index in [9.17, 15) is 0 Å². The molecule has 0 aromatic heterocycles. The molecule has 1 atom stereocenters. The van der Waals surface area contributed by atoms with E-state index >= 15 is 0 Å². The zero-order chi connectivity index (χ0) is 7.40. The van der Waals surface area contributed by atoms with Gasteiger partial charge in [-0.15, -0.1) is 0 Å². The number of nitrogens with zero attached hydrogens (tertiary/aromatic N) is 1. The third-order valence-corrected chi connectivity index (χ3v) is 1.66. The highest BCUT2D eigenvalue weighted by Gasteiger charge is 2.12. The average Bonchev–Trinajstić information content (AvgIpc) is 2.34. The molecule has 0 bridgehead atoms. The second kappa shape index (κ2) is 3.41. The topological polar surface area (TPSA) is 76.4 Å². The Labute approximate surface area is 60.7 Å². The zero-order valence-corrected chi connectivity index (χ0v) is 6.01. The highest BCUT2D eigenvalue weighted by molar-refractivity contribution is 5.75. The van der Waals surface area contributed by atoms with E-state index in [1.54, 1.807) is 0 Å². The van der Waals surface area contributed by atoms with Gasteiger partial charge in [0, 0.05) is 6.04 Å². The fraction of sp³-hybridized carbons (Fsp3) is 0.833. The summed E-state index contributed by atoms with van der Waals surface area (Å²) in [5, 5.41) is 3.29. The Morgan fingerprint density at radius 1 is 1.60 bits per heavy atom. The van der Waals surface area contributed by atoms with Gasteiger partial charge < -0.3 is 16.8 Å². The molecule has 0 aliphatic carbocycles. The van der Waals surface area contributed by atoms with E-state index < -0.39 is 0 Å². The van der Waals surface area contributed by atoms with Gasteiger partial charge in [-0.1, -0.05) is 0 Å². The van der Waals surface area contributed by atoms with Crippen LogP contribution in [-0.4, -0.2) is 25.1 Å². The van der Waals surface area contributed by atoms with Crippen molar-refractivity contribution < 1.29 is 0 Å². The van der Waals surface area contributed by atoms with Crippen molar-refractivity contribution in [3.05, 3.63) is 0 Å². The van der Waals surface area contributed by atoms with Crippen LogP contribution >= 0.6 is 0 Å². The first-order valence-electron chi connectivity index (χ1n) is 3.58. The number of aliphatic imine (C=N–C) groups is 1. The molecule has 5 N–H and O–H groups in total. The standard InChI is InChI=1S/C6H14N4/c7-6(8)10-4-5-2-1-3-9-5/h5,9H,1-4H2,(H4,7,8,10)/t5-/m1/s1. The minimum Gasteiger partial charge on any atom is -0.370 e. The largest absolute Gasteiger partial charge is 0.370 e. The van der Waals surface area contributed by atoms with E-state index in [4.69, 9.17) is 11.5 Å². The summed E-state index contributed by atoms with van der Waals surface area (Å²) in [6, 6.07) is 0.502. The molecule has 1 aliphatic heterocycles. The van der Waals surface area contributed by atoms with Gasteiger partial charge in [0.05, 0.1) is 6.54 Å². The van der Waals surface area contributed by atoms with Gasteiger partial charge >= 0.3 is 0 Å². The number of hydrogen-bond donors (Lipinski definition) is 3. The van der Waals surface area contributed by atoms with Gasteiger partial charge in [-0.3, -0.25) is 4.99 Å². The Morgan fingerprint density at radius 3 is 2.90 bits per heavy atom. The molecular weight excluding hydrogens is 128 g/mol. The number of hydrogen-bond acceptors (Lipinski definition) is 2. The Balaban J connectivity index is 2.18. The van der Waals surface area contributed by atoms with E-state index in [1.165, 1.54) is 12.8 Å². The van der Waals surface area contributed by atoms with Crippen molar-refractivity contribution >= 4 is 5.96 Å². The predicted molar refractivity (Wildman–Crippen MR) is 41.7 cm³/mol. The maximum absolute atomic E-state index is 5.17. The monoisotopic (exact) mass is 142 g/mol. The Bertz CT molecular complexity index is 122. The molecule has 0 aromatic rings. The molecule has 1 aliphatic rings. The van der Waals surface area contributed by atoms with Crippen LogP contribution in [0.5, 0.6) is 0 Å². The first-order valence-corrected chi connectivity index (χ1v) is 3.58. The van der Waals surface area contributed by atoms with Gasteiger partial charge in [0.1, 0.15) is 0 Å². The van der Waals surface area contributed by atoms with Gasteiger partial charge in [-0.25, -0.2) is 0 Å². The normalized spacial score (nSPS) is 24.6. The fourth-order valence-electron chi connectivity index (χ4n) is 1.13. The molecule has 0 unspecified atom stereocenters. The van der Waals surface area contributed by atoms with Gasteiger partial charge in [0.15, 0.2) is 5.96 Å². The summed E-state index contributed by atoms with van der Waals surface area (Å²) in [6.45, 7) is 1.83. The van der Waals surface area contributed by atoms with Crippen LogP contribution in [0.3, 0.4) is 0 Å². The minimum absolute atomic E-state index is 0.189. The van der Waals surface area contributed by atoms with Crippen molar-refractivity contribution in [2.45, 2.75) is 18.9 Å². The molecule has 10 heavy (non-hydrogen) atoms. The first kappa shape index (κ1) is 7.34. The highest BCUT2D eigenvalue weighted by Crippen LogP contribution is 2.03. The molecule has 0 radical (unpaired) electrons. The van der Waals surface area contributed by atoms with E-state index in [0.717, 1.165) is 13.1 Å². The molecule has 0 aromatic carbocycles. The quantitative estimate of drug-likeness (QED) is 0.342. The van der Waals surface area contributed by atoms with Crippen molar-refractivity contribution in [1.82, 2.24) is 5.32 Å². The van der Waals surface area contributed by atoms with E-state index in [1.807, 2.05) is 0 Å². The SMILES string of the molecule is NC(N)=NC[C@H]1CCCN1. The molecule has 1 heterocycles.